The molecule has 0 spiro atoms. The second kappa shape index (κ2) is 8.05. The number of halogens is 1. The van der Waals surface area contributed by atoms with Crippen molar-refractivity contribution in [2.75, 3.05) is 5.32 Å². The number of pyridine rings is 1. The molecule has 1 fully saturated rings. The van der Waals surface area contributed by atoms with E-state index in [4.69, 9.17) is 4.74 Å². The lowest BCUT2D eigenvalue weighted by molar-refractivity contribution is -0.385. The molecule has 8 nitrogen and oxygen atoms in total. The van der Waals surface area contributed by atoms with Crippen molar-refractivity contribution in [3.8, 4) is 11.6 Å². The Labute approximate surface area is 169 Å². The second-order valence-corrected chi connectivity index (χ2v) is 7.51. The topological polar surface area (TPSA) is 103 Å². The van der Waals surface area contributed by atoms with Gasteiger partial charge in [0.2, 0.25) is 5.82 Å². The van der Waals surface area contributed by atoms with Crippen molar-refractivity contribution < 1.29 is 9.66 Å². The summed E-state index contributed by atoms with van der Waals surface area (Å²) in [7, 11) is 0. The van der Waals surface area contributed by atoms with E-state index in [0.29, 0.717) is 11.3 Å². The quantitative estimate of drug-likeness (QED) is 0.424. The fourth-order valence-corrected chi connectivity index (χ4v) is 3.90. The Morgan fingerprint density at radius 1 is 1.14 bits per heavy atom. The van der Waals surface area contributed by atoms with Crippen LogP contribution < -0.4 is 10.1 Å². The number of aromatic nitrogens is 3. The smallest absolute Gasteiger partial charge is 0.373 e. The number of nitro groups is 1. The van der Waals surface area contributed by atoms with E-state index < -0.39 is 4.92 Å². The first kappa shape index (κ1) is 18.5. The molecule has 1 aliphatic rings. The van der Waals surface area contributed by atoms with Gasteiger partial charge in [0, 0.05) is 22.1 Å². The summed E-state index contributed by atoms with van der Waals surface area (Å²) in [5.74, 6) is 0.480. The Hall–Kier alpha value is -2.81. The summed E-state index contributed by atoms with van der Waals surface area (Å²) < 4.78 is 6.71. The number of nitrogens with one attached hydrogen (secondary N) is 1. The maximum Gasteiger partial charge on any atom is 0.373 e. The molecule has 2 aromatic heterocycles. The van der Waals surface area contributed by atoms with Crippen LogP contribution in [-0.4, -0.2) is 25.9 Å². The molecule has 1 aliphatic carbocycles. The average molecular weight is 444 g/mol. The molecule has 0 amide bonds. The predicted octanol–water partition coefficient (Wildman–Crippen LogP) is 5.23. The number of hydrogen-bond donors (Lipinski definition) is 1. The summed E-state index contributed by atoms with van der Waals surface area (Å²) >= 11 is 3.48. The first-order chi connectivity index (χ1) is 13.6. The van der Waals surface area contributed by atoms with E-state index in [9.17, 15) is 10.1 Å². The zero-order chi connectivity index (χ0) is 19.5. The lowest BCUT2D eigenvalue weighted by atomic mass is 9.95. The molecule has 0 unspecified atom stereocenters. The van der Waals surface area contributed by atoms with Crippen LogP contribution in [0.3, 0.4) is 0 Å². The molecule has 0 aliphatic heterocycles. The monoisotopic (exact) mass is 443 g/mol. The Kier molecular flexibility index (Phi) is 5.34. The van der Waals surface area contributed by atoms with Crippen LogP contribution in [0, 0.1) is 10.1 Å². The number of benzene rings is 1. The number of anilines is 1. The normalized spacial score (nSPS) is 14.8. The van der Waals surface area contributed by atoms with Crippen LogP contribution in [0.15, 0.2) is 41.3 Å². The lowest BCUT2D eigenvalue weighted by Crippen LogP contribution is -2.23. The van der Waals surface area contributed by atoms with Crippen molar-refractivity contribution in [2.45, 2.75) is 38.1 Å². The Balaban J connectivity index is 1.71. The number of nitrogens with zero attached hydrogens (tertiary/aromatic N) is 4. The van der Waals surface area contributed by atoms with Gasteiger partial charge in [0.15, 0.2) is 5.75 Å². The number of fused-ring (bicyclic) bond motifs is 1. The highest BCUT2D eigenvalue weighted by atomic mass is 79.9. The maximum absolute atomic E-state index is 11.8. The second-order valence-electron chi connectivity index (χ2n) is 6.66. The van der Waals surface area contributed by atoms with Gasteiger partial charge in [-0.05, 0) is 31.0 Å². The molecule has 28 heavy (non-hydrogen) atoms. The summed E-state index contributed by atoms with van der Waals surface area (Å²) in [5.41, 5.74) is 0.326. The lowest BCUT2D eigenvalue weighted by Gasteiger charge is -2.23. The van der Waals surface area contributed by atoms with E-state index >= 15 is 0 Å². The SMILES string of the molecule is O=[N+]([O-])c1c(NC2CCCCC2)ncnc1Oc1ccc(Br)c2cccnc12. The molecule has 0 bridgehead atoms. The summed E-state index contributed by atoms with van der Waals surface area (Å²) in [6, 6.07) is 7.40. The number of hydrogen-bond acceptors (Lipinski definition) is 7. The molecule has 9 heteroatoms. The first-order valence-electron chi connectivity index (χ1n) is 9.10. The van der Waals surface area contributed by atoms with Crippen molar-refractivity contribution >= 4 is 38.3 Å². The van der Waals surface area contributed by atoms with E-state index in [-0.39, 0.29) is 23.4 Å². The zero-order valence-corrected chi connectivity index (χ0v) is 16.6. The van der Waals surface area contributed by atoms with Gasteiger partial charge in [-0.3, -0.25) is 15.1 Å². The third-order valence-electron chi connectivity index (χ3n) is 4.80. The fraction of sp³-hybridized carbons (Fsp3) is 0.316. The molecule has 0 atom stereocenters. The van der Waals surface area contributed by atoms with Gasteiger partial charge < -0.3 is 10.1 Å². The van der Waals surface area contributed by atoms with Crippen molar-refractivity contribution in [3.05, 3.63) is 51.4 Å². The van der Waals surface area contributed by atoms with E-state index in [1.54, 1.807) is 12.3 Å². The van der Waals surface area contributed by atoms with Crippen LogP contribution in [-0.2, 0) is 0 Å². The number of ether oxygens (including phenoxy) is 1. The Bertz CT molecular complexity index is 1020. The molecule has 4 rings (SSSR count). The minimum atomic E-state index is -0.505. The molecule has 2 heterocycles. The minimum absolute atomic E-state index is 0.104. The van der Waals surface area contributed by atoms with Crippen molar-refractivity contribution in [1.82, 2.24) is 15.0 Å². The van der Waals surface area contributed by atoms with Crippen molar-refractivity contribution in [1.29, 1.82) is 0 Å². The maximum atomic E-state index is 11.8. The van der Waals surface area contributed by atoms with Gasteiger partial charge in [0.25, 0.3) is 0 Å². The van der Waals surface area contributed by atoms with E-state index in [1.165, 1.54) is 12.7 Å². The zero-order valence-electron chi connectivity index (χ0n) is 15.0. The van der Waals surface area contributed by atoms with Crippen LogP contribution >= 0.6 is 15.9 Å². The van der Waals surface area contributed by atoms with Crippen LogP contribution in [0.25, 0.3) is 10.9 Å². The van der Waals surface area contributed by atoms with Gasteiger partial charge in [0.05, 0.1) is 4.92 Å². The Morgan fingerprint density at radius 2 is 1.96 bits per heavy atom. The van der Waals surface area contributed by atoms with Crippen LogP contribution in [0.2, 0.25) is 0 Å². The van der Waals surface area contributed by atoms with Gasteiger partial charge in [-0.15, -0.1) is 0 Å². The molecular formula is C19H18BrN5O3. The van der Waals surface area contributed by atoms with Crippen LogP contribution in [0.1, 0.15) is 32.1 Å². The summed E-state index contributed by atoms with van der Waals surface area (Å²) in [6.45, 7) is 0. The van der Waals surface area contributed by atoms with Crippen LogP contribution in [0.4, 0.5) is 11.5 Å². The van der Waals surface area contributed by atoms with E-state index in [0.717, 1.165) is 35.5 Å². The molecular weight excluding hydrogens is 426 g/mol. The average Bonchev–Trinajstić information content (AvgIpc) is 2.71. The van der Waals surface area contributed by atoms with Gasteiger partial charge >= 0.3 is 11.6 Å². The molecule has 144 valence electrons. The van der Waals surface area contributed by atoms with Crippen molar-refractivity contribution in [2.24, 2.45) is 0 Å². The largest absolute Gasteiger partial charge is 0.431 e. The van der Waals surface area contributed by atoms with Gasteiger partial charge in [-0.1, -0.05) is 41.3 Å². The highest BCUT2D eigenvalue weighted by Gasteiger charge is 2.27. The number of rotatable bonds is 5. The highest BCUT2D eigenvalue weighted by Crippen LogP contribution is 2.38. The Morgan fingerprint density at radius 3 is 2.75 bits per heavy atom. The van der Waals surface area contributed by atoms with Gasteiger partial charge in [-0.25, -0.2) is 4.98 Å². The molecule has 1 saturated carbocycles. The van der Waals surface area contributed by atoms with Crippen molar-refractivity contribution in [3.63, 3.8) is 0 Å². The van der Waals surface area contributed by atoms with Gasteiger partial charge in [0.1, 0.15) is 11.8 Å². The molecule has 1 N–H and O–H groups in total. The molecule has 1 aromatic carbocycles. The first-order valence-corrected chi connectivity index (χ1v) is 9.90. The fourth-order valence-electron chi connectivity index (χ4n) is 3.45. The summed E-state index contributed by atoms with van der Waals surface area (Å²) in [6.07, 6.45) is 8.28. The standard InChI is InChI=1S/C19H18BrN5O3/c20-14-8-9-15(16-13(14)7-4-10-21-16)28-19-17(25(26)27)18(22-11-23-19)24-12-5-2-1-3-6-12/h4,7-12H,1-3,5-6H2,(H,22,23,24). The minimum Gasteiger partial charge on any atom is -0.431 e. The van der Waals surface area contributed by atoms with Crippen LogP contribution in [0.5, 0.6) is 11.6 Å². The van der Waals surface area contributed by atoms with Gasteiger partial charge in [-0.2, -0.15) is 4.98 Å². The molecule has 3 aromatic rings. The summed E-state index contributed by atoms with van der Waals surface area (Å²) in [5, 5.41) is 15.8. The third-order valence-corrected chi connectivity index (χ3v) is 5.49. The highest BCUT2D eigenvalue weighted by molar-refractivity contribution is 9.10. The predicted molar refractivity (Wildman–Crippen MR) is 109 cm³/mol. The van der Waals surface area contributed by atoms with E-state index in [2.05, 4.69) is 36.2 Å². The molecule has 0 radical (unpaired) electrons. The summed E-state index contributed by atoms with van der Waals surface area (Å²) in [4.78, 5) is 23.7. The molecule has 0 saturated heterocycles. The van der Waals surface area contributed by atoms with E-state index in [1.807, 2.05) is 18.2 Å². The third kappa shape index (κ3) is 3.75.